The molecule has 2 aromatic rings. The van der Waals surface area contributed by atoms with E-state index in [1.165, 1.54) is 64.6 Å². The zero-order valence-corrected chi connectivity index (χ0v) is 21.5. The van der Waals surface area contributed by atoms with Gasteiger partial charge in [0.25, 0.3) is 0 Å². The second-order valence-electron chi connectivity index (χ2n) is 11.6. The molecule has 1 saturated carbocycles. The van der Waals surface area contributed by atoms with Crippen LogP contribution in [0.3, 0.4) is 0 Å². The average molecular weight is 439 g/mol. The predicted molar refractivity (Wildman–Crippen MR) is 144 cm³/mol. The highest BCUT2D eigenvalue weighted by atomic mass is 14.3. The van der Waals surface area contributed by atoms with Gasteiger partial charge in [-0.3, -0.25) is 0 Å². The van der Waals surface area contributed by atoms with Crippen LogP contribution in [0, 0.1) is 18.8 Å². The van der Waals surface area contributed by atoms with E-state index in [0.717, 1.165) is 24.7 Å². The van der Waals surface area contributed by atoms with E-state index in [1.54, 1.807) is 0 Å². The molecule has 2 aliphatic rings. The van der Waals surface area contributed by atoms with E-state index in [9.17, 15) is 0 Å². The summed E-state index contributed by atoms with van der Waals surface area (Å²) in [6, 6.07) is 16.2. The van der Waals surface area contributed by atoms with Crippen LogP contribution in [0.2, 0.25) is 0 Å². The van der Waals surface area contributed by atoms with Crippen molar-refractivity contribution in [1.29, 1.82) is 0 Å². The fraction of sp³-hybridized carbons (Fsp3) is 0.455. The Kier molecular flexibility index (Phi) is 7.13. The number of rotatable bonds is 7. The van der Waals surface area contributed by atoms with E-state index in [-0.39, 0.29) is 5.41 Å². The maximum Gasteiger partial charge on any atom is 0.0207 e. The average Bonchev–Trinajstić information content (AvgIpc) is 3.42. The highest BCUT2D eigenvalue weighted by Crippen LogP contribution is 2.41. The summed E-state index contributed by atoms with van der Waals surface area (Å²) in [5.41, 5.74) is 10.4. The van der Waals surface area contributed by atoms with Crippen molar-refractivity contribution >= 4 is 0 Å². The molecule has 0 heterocycles. The van der Waals surface area contributed by atoms with Gasteiger partial charge in [0.05, 0.1) is 0 Å². The van der Waals surface area contributed by atoms with Crippen molar-refractivity contribution in [2.45, 2.75) is 84.5 Å². The van der Waals surface area contributed by atoms with Crippen molar-refractivity contribution in [3.05, 3.63) is 106 Å². The van der Waals surface area contributed by atoms with Gasteiger partial charge < -0.3 is 0 Å². The van der Waals surface area contributed by atoms with Gasteiger partial charge >= 0.3 is 0 Å². The first-order valence-electron chi connectivity index (χ1n) is 12.9. The lowest BCUT2D eigenvalue weighted by molar-refractivity contribution is 0.439. The number of hydrogen-bond acceptors (Lipinski definition) is 0. The van der Waals surface area contributed by atoms with Crippen LogP contribution < -0.4 is 0 Å². The molecule has 0 spiro atoms. The summed E-state index contributed by atoms with van der Waals surface area (Å²) in [6.45, 7) is 15.7. The fourth-order valence-electron chi connectivity index (χ4n) is 6.06. The monoisotopic (exact) mass is 438 g/mol. The van der Waals surface area contributed by atoms with Crippen LogP contribution in [-0.4, -0.2) is 0 Å². The van der Waals surface area contributed by atoms with Gasteiger partial charge in [-0.1, -0.05) is 106 Å². The molecule has 1 fully saturated rings. The Morgan fingerprint density at radius 1 is 1.00 bits per heavy atom. The predicted octanol–water partition coefficient (Wildman–Crippen LogP) is 9.04. The van der Waals surface area contributed by atoms with Crippen LogP contribution in [0.25, 0.3) is 0 Å². The Bertz CT molecular complexity index is 1040. The van der Waals surface area contributed by atoms with Crippen molar-refractivity contribution in [3.8, 4) is 0 Å². The van der Waals surface area contributed by atoms with Crippen LogP contribution in [-0.2, 0) is 18.3 Å². The molecule has 0 bridgehead atoms. The van der Waals surface area contributed by atoms with E-state index in [0.29, 0.717) is 5.92 Å². The molecule has 3 unspecified atom stereocenters. The van der Waals surface area contributed by atoms with Crippen LogP contribution in [0.1, 0.15) is 87.1 Å². The molecule has 33 heavy (non-hydrogen) atoms. The summed E-state index contributed by atoms with van der Waals surface area (Å²) in [4.78, 5) is 0. The van der Waals surface area contributed by atoms with Gasteiger partial charge in [0.2, 0.25) is 0 Å². The van der Waals surface area contributed by atoms with Gasteiger partial charge in [-0.15, -0.1) is 0 Å². The molecule has 0 aliphatic heterocycles. The van der Waals surface area contributed by atoms with E-state index in [1.807, 2.05) is 0 Å². The lowest BCUT2D eigenvalue weighted by atomic mass is 9.80. The minimum absolute atomic E-state index is 0.187. The third-order valence-corrected chi connectivity index (χ3v) is 7.95. The molecule has 0 amide bonds. The third-order valence-electron chi connectivity index (χ3n) is 7.95. The Labute approximate surface area is 202 Å². The van der Waals surface area contributed by atoms with Crippen LogP contribution in [0.4, 0.5) is 0 Å². The highest BCUT2D eigenvalue weighted by Gasteiger charge is 2.28. The second kappa shape index (κ2) is 9.88. The first-order chi connectivity index (χ1) is 15.7. The van der Waals surface area contributed by atoms with Gasteiger partial charge in [-0.05, 0) is 91.0 Å². The summed E-state index contributed by atoms with van der Waals surface area (Å²) in [7, 11) is 0. The Hall–Kier alpha value is -2.34. The summed E-state index contributed by atoms with van der Waals surface area (Å²) < 4.78 is 0. The Balaban J connectivity index is 1.39. The first-order valence-corrected chi connectivity index (χ1v) is 12.9. The summed E-state index contributed by atoms with van der Waals surface area (Å²) in [6.07, 6.45) is 14.7. The van der Waals surface area contributed by atoms with Crippen LogP contribution in [0.5, 0.6) is 0 Å². The normalized spacial score (nSPS) is 22.6. The molecule has 4 rings (SSSR count). The van der Waals surface area contributed by atoms with Crippen LogP contribution in [0.15, 0.2) is 78.4 Å². The topological polar surface area (TPSA) is 0 Å². The standard InChI is InChI=1S/C33H42/c1-23(2)30-11-8-10-29(30)22-26-15-19-28(21-26)27-17-13-25(14-18-27)16-20-31-24(3)9-7-12-32(31)33(4,5)6/h7,9,12-15,17-19,21,28-30H,1,8,10-11,16,20,22H2,2-6H3. The lowest BCUT2D eigenvalue weighted by Gasteiger charge is -2.24. The molecule has 0 radical (unpaired) electrons. The SMILES string of the molecule is C=C(C)C1CCCC1CC1=CC(c2ccc(CCc3c(C)cccc3C(C)(C)C)cc2)C=C1. The molecule has 3 atom stereocenters. The zero-order chi connectivity index (χ0) is 23.6. The summed E-state index contributed by atoms with van der Waals surface area (Å²) in [5, 5.41) is 0. The van der Waals surface area contributed by atoms with Gasteiger partial charge in [0.15, 0.2) is 0 Å². The first kappa shape index (κ1) is 23.8. The smallest absolute Gasteiger partial charge is 0.0207 e. The second-order valence-corrected chi connectivity index (χ2v) is 11.6. The molecule has 0 saturated heterocycles. The van der Waals surface area contributed by atoms with E-state index in [4.69, 9.17) is 0 Å². The van der Waals surface area contributed by atoms with Gasteiger partial charge in [-0.2, -0.15) is 0 Å². The summed E-state index contributed by atoms with van der Waals surface area (Å²) in [5.74, 6) is 1.95. The number of benzene rings is 2. The molecule has 2 aliphatic carbocycles. The van der Waals surface area contributed by atoms with E-state index < -0.39 is 0 Å². The quantitative estimate of drug-likeness (QED) is 0.378. The molecule has 0 heteroatoms. The lowest BCUT2D eigenvalue weighted by Crippen LogP contribution is -2.15. The molecule has 0 aromatic heterocycles. The largest absolute Gasteiger partial charge is 0.0999 e. The zero-order valence-electron chi connectivity index (χ0n) is 21.5. The maximum absolute atomic E-state index is 4.25. The van der Waals surface area contributed by atoms with Crippen LogP contribution >= 0.6 is 0 Å². The number of aryl methyl sites for hydroxylation is 2. The molecule has 0 nitrogen and oxygen atoms in total. The van der Waals surface area contributed by atoms with Crippen molar-refractivity contribution in [3.63, 3.8) is 0 Å². The molecule has 0 N–H and O–H groups in total. The Morgan fingerprint density at radius 2 is 1.76 bits per heavy atom. The maximum atomic E-state index is 4.25. The van der Waals surface area contributed by atoms with Crippen molar-refractivity contribution in [1.82, 2.24) is 0 Å². The number of allylic oxidation sites excluding steroid dienone is 5. The van der Waals surface area contributed by atoms with Crippen molar-refractivity contribution < 1.29 is 0 Å². The van der Waals surface area contributed by atoms with Gasteiger partial charge in [0.1, 0.15) is 0 Å². The fourth-order valence-corrected chi connectivity index (χ4v) is 6.06. The van der Waals surface area contributed by atoms with Gasteiger partial charge in [-0.25, -0.2) is 0 Å². The molecular formula is C33H42. The van der Waals surface area contributed by atoms with E-state index in [2.05, 4.69) is 102 Å². The van der Waals surface area contributed by atoms with E-state index >= 15 is 0 Å². The van der Waals surface area contributed by atoms with Crippen molar-refractivity contribution in [2.24, 2.45) is 11.8 Å². The molecule has 174 valence electrons. The summed E-state index contributed by atoms with van der Waals surface area (Å²) >= 11 is 0. The number of hydrogen-bond donors (Lipinski definition) is 0. The minimum atomic E-state index is 0.187. The Morgan fingerprint density at radius 3 is 2.45 bits per heavy atom. The molecular weight excluding hydrogens is 396 g/mol. The minimum Gasteiger partial charge on any atom is -0.0999 e. The van der Waals surface area contributed by atoms with Crippen molar-refractivity contribution in [2.75, 3.05) is 0 Å². The third kappa shape index (κ3) is 5.60. The molecule has 2 aromatic carbocycles. The van der Waals surface area contributed by atoms with Gasteiger partial charge in [0, 0.05) is 5.92 Å². The highest BCUT2D eigenvalue weighted by molar-refractivity contribution is 5.42.